The van der Waals surface area contributed by atoms with Crippen LogP contribution in [0.2, 0.25) is 0 Å². The zero-order valence-corrected chi connectivity index (χ0v) is 20.5. The Labute approximate surface area is 192 Å². The second kappa shape index (κ2) is 15.6. The predicted octanol–water partition coefficient (Wildman–Crippen LogP) is 6.76. The summed E-state index contributed by atoms with van der Waals surface area (Å²) in [5.41, 5.74) is 5.55. The second-order valence-corrected chi connectivity index (χ2v) is 9.34. The lowest BCUT2D eigenvalue weighted by atomic mass is 10.0. The summed E-state index contributed by atoms with van der Waals surface area (Å²) >= 11 is 1.62. The quantitative estimate of drug-likeness (QED) is 0.205. The maximum absolute atomic E-state index is 11.5. The van der Waals surface area contributed by atoms with Crippen LogP contribution in [0.3, 0.4) is 0 Å². The number of aliphatic carboxylic acids is 1. The molecule has 5 nitrogen and oxygen atoms in total. The molecule has 1 aromatic rings. The normalized spacial score (nSPS) is 12.9. The molecule has 0 spiro atoms. The Morgan fingerprint density at radius 1 is 1.10 bits per heavy atom. The highest BCUT2D eigenvalue weighted by Gasteiger charge is 2.17. The first-order valence-electron chi connectivity index (χ1n) is 10.9. The maximum Gasteiger partial charge on any atom is 0.327 e. The Morgan fingerprint density at radius 3 is 2.42 bits per heavy atom. The Kier molecular flexibility index (Phi) is 13.5. The lowest BCUT2D eigenvalue weighted by molar-refractivity contribution is -0.137. The minimum Gasteiger partial charge on any atom is -0.480 e. The smallest absolute Gasteiger partial charge is 0.327 e. The third-order valence-electron chi connectivity index (χ3n) is 4.70. The first-order valence-corrected chi connectivity index (χ1v) is 12.1. The summed E-state index contributed by atoms with van der Waals surface area (Å²) in [4.78, 5) is 18.4. The molecule has 0 aliphatic carbocycles. The number of aromatic amines is 1. The molecule has 0 saturated heterocycles. The first-order chi connectivity index (χ1) is 14.8. The second-order valence-electron chi connectivity index (χ2n) is 8.27. The number of rotatable bonds is 15. The van der Waals surface area contributed by atoms with Crippen LogP contribution in [0.15, 0.2) is 59.0 Å². The summed E-state index contributed by atoms with van der Waals surface area (Å²) in [5.74, 6) is 0.899. The highest BCUT2D eigenvalue weighted by molar-refractivity contribution is 7.99. The topological polar surface area (TPSA) is 78.0 Å². The van der Waals surface area contributed by atoms with Gasteiger partial charge in [-0.3, -0.25) is 0 Å². The summed E-state index contributed by atoms with van der Waals surface area (Å²) < 4.78 is 0. The number of carbonyl (C=O) groups is 1. The van der Waals surface area contributed by atoms with E-state index >= 15 is 0 Å². The van der Waals surface area contributed by atoms with Gasteiger partial charge in [0.2, 0.25) is 5.95 Å². The first kappa shape index (κ1) is 26.8. The van der Waals surface area contributed by atoms with Gasteiger partial charge in [-0.2, -0.15) is 11.8 Å². The molecule has 1 aromatic heterocycles. The van der Waals surface area contributed by atoms with E-state index < -0.39 is 12.0 Å². The van der Waals surface area contributed by atoms with Crippen LogP contribution in [0.5, 0.6) is 0 Å². The Bertz CT molecular complexity index is 769. The van der Waals surface area contributed by atoms with Gasteiger partial charge in [0.1, 0.15) is 6.04 Å². The molecular weight excluding hydrogens is 406 g/mol. The van der Waals surface area contributed by atoms with E-state index in [1.807, 2.05) is 0 Å². The number of hydrogen-bond acceptors (Lipinski definition) is 4. The van der Waals surface area contributed by atoms with Gasteiger partial charge in [-0.05, 0) is 66.7 Å². The molecule has 0 saturated carbocycles. The Balaban J connectivity index is 2.55. The monoisotopic (exact) mass is 445 g/mol. The molecule has 0 aliphatic rings. The number of nitrogens with one attached hydrogen (secondary N) is 2. The van der Waals surface area contributed by atoms with Crippen molar-refractivity contribution in [2.75, 3.05) is 16.8 Å². The standard InChI is InChI=1S/C25H39N3O2S/c1-19(2)8-6-9-21(5)10-7-11-22(13-12-20(3)4)14-17-31-18-23(24(29)30)28-25-26-15-16-27-25/h8,10,12,14-16,23H,6-7,9,11,13,17-18H2,1-5H3,(H,29,30)(H2,26,27,28). The summed E-state index contributed by atoms with van der Waals surface area (Å²) in [7, 11) is 0. The molecule has 1 unspecified atom stereocenters. The molecule has 1 atom stereocenters. The molecule has 172 valence electrons. The molecule has 0 aromatic carbocycles. The molecule has 0 amide bonds. The lowest BCUT2D eigenvalue weighted by Crippen LogP contribution is -2.32. The van der Waals surface area contributed by atoms with Crippen LogP contribution in [0.4, 0.5) is 5.95 Å². The van der Waals surface area contributed by atoms with Crippen molar-refractivity contribution in [1.29, 1.82) is 0 Å². The van der Waals surface area contributed by atoms with Crippen LogP contribution in [0.1, 0.15) is 66.7 Å². The van der Waals surface area contributed by atoms with Gasteiger partial charge in [-0.15, -0.1) is 0 Å². The van der Waals surface area contributed by atoms with E-state index in [1.165, 1.54) is 22.3 Å². The van der Waals surface area contributed by atoms with Crippen LogP contribution >= 0.6 is 11.8 Å². The van der Waals surface area contributed by atoms with Gasteiger partial charge < -0.3 is 15.4 Å². The van der Waals surface area contributed by atoms with Crippen molar-refractivity contribution in [3.05, 3.63) is 59.0 Å². The fourth-order valence-corrected chi connectivity index (χ4v) is 3.82. The lowest BCUT2D eigenvalue weighted by Gasteiger charge is -2.13. The fraction of sp³-hybridized carbons (Fsp3) is 0.520. The van der Waals surface area contributed by atoms with Gasteiger partial charge in [0.05, 0.1) is 0 Å². The van der Waals surface area contributed by atoms with Crippen LogP contribution < -0.4 is 5.32 Å². The maximum atomic E-state index is 11.5. The summed E-state index contributed by atoms with van der Waals surface area (Å²) in [6.07, 6.45) is 17.7. The molecule has 31 heavy (non-hydrogen) atoms. The minimum atomic E-state index is -0.869. The number of carboxylic acids is 1. The zero-order valence-electron chi connectivity index (χ0n) is 19.7. The average Bonchev–Trinajstić information content (AvgIpc) is 3.20. The molecule has 0 aliphatic heterocycles. The van der Waals surface area contributed by atoms with E-state index in [1.54, 1.807) is 24.2 Å². The molecule has 1 heterocycles. The zero-order chi connectivity index (χ0) is 23.1. The van der Waals surface area contributed by atoms with Gasteiger partial charge in [0.25, 0.3) is 0 Å². The molecule has 0 fully saturated rings. The van der Waals surface area contributed by atoms with Crippen LogP contribution in [-0.2, 0) is 4.79 Å². The van der Waals surface area contributed by atoms with Gasteiger partial charge in [-0.25, -0.2) is 9.78 Å². The third kappa shape index (κ3) is 13.7. The van der Waals surface area contributed by atoms with E-state index in [4.69, 9.17) is 0 Å². The predicted molar refractivity (Wildman–Crippen MR) is 135 cm³/mol. The van der Waals surface area contributed by atoms with E-state index in [-0.39, 0.29) is 0 Å². The number of aromatic nitrogens is 2. The number of nitrogens with zero attached hydrogens (tertiary/aromatic N) is 1. The number of H-pyrrole nitrogens is 1. The van der Waals surface area contributed by atoms with Crippen LogP contribution in [0.25, 0.3) is 0 Å². The molecular formula is C25H39N3O2S. The summed E-state index contributed by atoms with van der Waals surface area (Å²) in [6, 6.07) is -0.669. The van der Waals surface area contributed by atoms with Crippen molar-refractivity contribution in [3.8, 4) is 0 Å². The number of thioether (sulfide) groups is 1. The SMILES string of the molecule is CC(C)=CCCC(C)=CCCC(=CCSCC(Nc1ncc[nH]1)C(=O)O)CC=C(C)C. The summed E-state index contributed by atoms with van der Waals surface area (Å²) in [5, 5.41) is 12.4. The van der Waals surface area contributed by atoms with E-state index in [0.29, 0.717) is 11.7 Å². The third-order valence-corrected chi connectivity index (χ3v) is 5.68. The molecule has 3 N–H and O–H groups in total. The molecule has 0 bridgehead atoms. The van der Waals surface area contributed by atoms with Crippen molar-refractivity contribution in [3.63, 3.8) is 0 Å². The van der Waals surface area contributed by atoms with Crippen molar-refractivity contribution in [2.24, 2.45) is 0 Å². The molecule has 0 radical (unpaired) electrons. The minimum absolute atomic E-state index is 0.478. The average molecular weight is 446 g/mol. The van der Waals surface area contributed by atoms with Crippen molar-refractivity contribution in [1.82, 2.24) is 9.97 Å². The van der Waals surface area contributed by atoms with Crippen molar-refractivity contribution in [2.45, 2.75) is 72.8 Å². The van der Waals surface area contributed by atoms with Gasteiger partial charge in [-0.1, -0.05) is 46.6 Å². The van der Waals surface area contributed by atoms with E-state index in [9.17, 15) is 9.90 Å². The van der Waals surface area contributed by atoms with Crippen LogP contribution in [-0.4, -0.2) is 38.6 Å². The van der Waals surface area contributed by atoms with Crippen LogP contribution in [0, 0.1) is 0 Å². The largest absolute Gasteiger partial charge is 0.480 e. The van der Waals surface area contributed by atoms with E-state index in [0.717, 1.165) is 37.9 Å². The fourth-order valence-electron chi connectivity index (χ4n) is 2.86. The summed E-state index contributed by atoms with van der Waals surface area (Å²) in [6.45, 7) is 10.7. The number of hydrogen-bond donors (Lipinski definition) is 3. The van der Waals surface area contributed by atoms with Crippen molar-refractivity contribution < 1.29 is 9.90 Å². The molecule has 6 heteroatoms. The number of carboxylic acid groups (broad SMARTS) is 1. The van der Waals surface area contributed by atoms with Gasteiger partial charge in [0, 0.05) is 23.9 Å². The number of allylic oxidation sites excluding steroid dienone is 7. The van der Waals surface area contributed by atoms with E-state index in [2.05, 4.69) is 74.2 Å². The number of anilines is 1. The molecule has 1 rings (SSSR count). The Hall–Kier alpha value is -2.21. The highest BCUT2D eigenvalue weighted by Crippen LogP contribution is 2.17. The van der Waals surface area contributed by atoms with Gasteiger partial charge in [0.15, 0.2) is 0 Å². The Morgan fingerprint density at radius 2 is 1.81 bits per heavy atom. The van der Waals surface area contributed by atoms with Crippen molar-refractivity contribution >= 4 is 23.7 Å². The highest BCUT2D eigenvalue weighted by atomic mass is 32.2. The number of imidazole rings is 1. The van der Waals surface area contributed by atoms with Gasteiger partial charge >= 0.3 is 5.97 Å².